The smallest absolute Gasteiger partial charge is 0.338 e. The number of allylic oxidation sites excluding steroid dienone is 6. The summed E-state index contributed by atoms with van der Waals surface area (Å²) >= 11 is 0. The minimum atomic E-state index is -0.487. The van der Waals surface area contributed by atoms with Crippen LogP contribution < -0.4 is 0 Å². The number of ether oxygens (including phenoxy) is 1. The summed E-state index contributed by atoms with van der Waals surface area (Å²) in [5.74, 6) is -0.478. The standard InChI is InChI=1S/C27H37NO4/c1-20(2)9-7-11-22(5)13-18-26(19-23(6)12-8-10-21(3)4)32-27(29)24-14-16-25(17-15-24)28(30)31/h9-10,13-17,19,26H,7-8,11-12,18H2,1-6H3/b22-13+,23-19+. The molecule has 5 heteroatoms. The molecule has 0 radical (unpaired) electrons. The Kier molecular flexibility index (Phi) is 12.0. The molecule has 1 unspecified atom stereocenters. The first kappa shape index (κ1) is 27.1. The van der Waals surface area contributed by atoms with Crippen molar-refractivity contribution in [2.45, 2.75) is 79.8 Å². The molecule has 0 aliphatic rings. The Morgan fingerprint density at radius 1 is 0.906 bits per heavy atom. The van der Waals surface area contributed by atoms with Crippen molar-refractivity contribution >= 4 is 11.7 Å². The van der Waals surface area contributed by atoms with Crippen molar-refractivity contribution in [1.82, 2.24) is 0 Å². The third-order valence-electron chi connectivity index (χ3n) is 4.92. The van der Waals surface area contributed by atoms with Gasteiger partial charge in [-0.15, -0.1) is 0 Å². The molecule has 0 saturated carbocycles. The van der Waals surface area contributed by atoms with E-state index in [1.165, 1.54) is 46.6 Å². The fourth-order valence-corrected chi connectivity index (χ4v) is 3.07. The maximum Gasteiger partial charge on any atom is 0.338 e. The van der Waals surface area contributed by atoms with Crippen molar-refractivity contribution in [3.63, 3.8) is 0 Å². The molecule has 0 heterocycles. The molecule has 0 aliphatic carbocycles. The second kappa shape index (κ2) is 14.2. The highest BCUT2D eigenvalue weighted by Gasteiger charge is 2.15. The van der Waals surface area contributed by atoms with Crippen molar-refractivity contribution in [3.05, 3.63) is 86.5 Å². The van der Waals surface area contributed by atoms with Crippen molar-refractivity contribution in [3.8, 4) is 0 Å². The summed E-state index contributed by atoms with van der Waals surface area (Å²) < 4.78 is 5.77. The molecule has 0 N–H and O–H groups in total. The Labute approximate surface area is 192 Å². The first-order chi connectivity index (χ1) is 15.1. The molecule has 32 heavy (non-hydrogen) atoms. The van der Waals surface area contributed by atoms with E-state index in [1.807, 2.05) is 6.08 Å². The predicted molar refractivity (Wildman–Crippen MR) is 132 cm³/mol. The highest BCUT2D eigenvalue weighted by atomic mass is 16.6. The quantitative estimate of drug-likeness (QED) is 0.144. The van der Waals surface area contributed by atoms with E-state index in [2.05, 4.69) is 59.8 Å². The van der Waals surface area contributed by atoms with Crippen LogP contribution in [0.4, 0.5) is 5.69 Å². The van der Waals surface area contributed by atoms with Gasteiger partial charge in [-0.25, -0.2) is 4.79 Å². The number of hydrogen-bond donors (Lipinski definition) is 0. The van der Waals surface area contributed by atoms with Gasteiger partial charge in [-0.3, -0.25) is 10.1 Å². The molecule has 1 rings (SSSR count). The van der Waals surface area contributed by atoms with Gasteiger partial charge in [-0.2, -0.15) is 0 Å². The number of nitro benzene ring substituents is 1. The zero-order chi connectivity index (χ0) is 24.1. The van der Waals surface area contributed by atoms with Gasteiger partial charge in [-0.05, 0) is 85.4 Å². The highest BCUT2D eigenvalue weighted by molar-refractivity contribution is 5.89. The van der Waals surface area contributed by atoms with Crippen LogP contribution in [-0.4, -0.2) is 17.0 Å². The van der Waals surface area contributed by atoms with E-state index in [0.717, 1.165) is 25.7 Å². The average Bonchev–Trinajstić information content (AvgIpc) is 2.71. The Bertz CT molecular complexity index is 881. The van der Waals surface area contributed by atoms with E-state index in [9.17, 15) is 14.9 Å². The van der Waals surface area contributed by atoms with Crippen LogP contribution in [0.15, 0.2) is 70.9 Å². The number of esters is 1. The molecule has 0 fully saturated rings. The molecule has 5 nitrogen and oxygen atoms in total. The van der Waals surface area contributed by atoms with E-state index in [0.29, 0.717) is 12.0 Å². The molecule has 0 aromatic heterocycles. The molecule has 1 aromatic rings. The number of hydrogen-bond acceptors (Lipinski definition) is 4. The number of non-ortho nitro benzene ring substituents is 1. The summed E-state index contributed by atoms with van der Waals surface area (Å²) in [5, 5.41) is 10.8. The number of nitro groups is 1. The van der Waals surface area contributed by atoms with Crippen LogP contribution in [0.2, 0.25) is 0 Å². The van der Waals surface area contributed by atoms with Crippen LogP contribution in [0.1, 0.15) is 84.0 Å². The van der Waals surface area contributed by atoms with Crippen molar-refractivity contribution in [1.29, 1.82) is 0 Å². The summed E-state index contributed by atoms with van der Waals surface area (Å²) in [6.45, 7) is 12.5. The summed E-state index contributed by atoms with van der Waals surface area (Å²) in [6.07, 6.45) is 12.6. The first-order valence-corrected chi connectivity index (χ1v) is 11.1. The molecule has 0 spiro atoms. The van der Waals surface area contributed by atoms with E-state index < -0.39 is 10.9 Å². The van der Waals surface area contributed by atoms with Gasteiger partial charge in [0.1, 0.15) is 6.10 Å². The van der Waals surface area contributed by atoms with E-state index >= 15 is 0 Å². The van der Waals surface area contributed by atoms with Gasteiger partial charge in [0.25, 0.3) is 5.69 Å². The van der Waals surface area contributed by atoms with Crippen LogP contribution in [0.3, 0.4) is 0 Å². The number of carbonyl (C=O) groups is 1. The van der Waals surface area contributed by atoms with Gasteiger partial charge in [0.2, 0.25) is 0 Å². The monoisotopic (exact) mass is 439 g/mol. The zero-order valence-electron chi connectivity index (χ0n) is 20.3. The van der Waals surface area contributed by atoms with Gasteiger partial charge in [0, 0.05) is 18.6 Å². The van der Waals surface area contributed by atoms with Crippen LogP contribution >= 0.6 is 0 Å². The summed E-state index contributed by atoms with van der Waals surface area (Å²) in [6, 6.07) is 5.51. The molecule has 0 saturated heterocycles. The number of rotatable bonds is 12. The Hall–Kier alpha value is -2.95. The molecule has 1 atom stereocenters. The minimum absolute atomic E-state index is 0.0527. The normalized spacial score (nSPS) is 12.7. The topological polar surface area (TPSA) is 69.4 Å². The second-order valence-corrected chi connectivity index (χ2v) is 8.69. The maximum absolute atomic E-state index is 12.7. The lowest BCUT2D eigenvalue weighted by atomic mass is 10.0. The van der Waals surface area contributed by atoms with Gasteiger partial charge in [0.05, 0.1) is 10.5 Å². The van der Waals surface area contributed by atoms with E-state index in [1.54, 1.807) is 0 Å². The molecule has 0 amide bonds. The van der Waals surface area contributed by atoms with Gasteiger partial charge >= 0.3 is 5.97 Å². The zero-order valence-corrected chi connectivity index (χ0v) is 20.3. The van der Waals surface area contributed by atoms with Crippen molar-refractivity contribution in [2.75, 3.05) is 0 Å². The lowest BCUT2D eigenvalue weighted by molar-refractivity contribution is -0.384. The third-order valence-corrected chi connectivity index (χ3v) is 4.92. The van der Waals surface area contributed by atoms with Gasteiger partial charge in [0.15, 0.2) is 0 Å². The number of benzene rings is 1. The van der Waals surface area contributed by atoms with Gasteiger partial charge < -0.3 is 4.74 Å². The lowest BCUT2D eigenvalue weighted by Crippen LogP contribution is -2.16. The lowest BCUT2D eigenvalue weighted by Gasteiger charge is -2.15. The van der Waals surface area contributed by atoms with Crippen LogP contribution in [0, 0.1) is 10.1 Å². The Balaban J connectivity index is 2.92. The molecular formula is C27H37NO4. The Morgan fingerprint density at radius 3 is 1.94 bits per heavy atom. The van der Waals surface area contributed by atoms with Crippen molar-refractivity contribution < 1.29 is 14.5 Å². The first-order valence-electron chi connectivity index (χ1n) is 11.1. The van der Waals surface area contributed by atoms with Crippen LogP contribution in [-0.2, 0) is 4.74 Å². The maximum atomic E-state index is 12.7. The molecule has 0 aliphatic heterocycles. The summed E-state index contributed by atoms with van der Waals surface area (Å²) in [4.78, 5) is 23.0. The van der Waals surface area contributed by atoms with E-state index in [4.69, 9.17) is 4.74 Å². The van der Waals surface area contributed by atoms with Gasteiger partial charge in [-0.1, -0.05) is 40.5 Å². The molecule has 0 bridgehead atoms. The number of carbonyl (C=O) groups excluding carboxylic acids is 1. The average molecular weight is 440 g/mol. The molecular weight excluding hydrogens is 402 g/mol. The summed E-state index contributed by atoms with van der Waals surface area (Å²) in [7, 11) is 0. The largest absolute Gasteiger partial charge is 0.454 e. The SMILES string of the molecule is CC(C)=CCC/C(C)=C/CC(/C=C(\C)CCC=C(C)C)OC(=O)c1ccc([N+](=O)[O-])cc1. The van der Waals surface area contributed by atoms with Crippen LogP contribution in [0.25, 0.3) is 0 Å². The summed E-state index contributed by atoms with van der Waals surface area (Å²) in [5.41, 5.74) is 5.27. The third kappa shape index (κ3) is 11.4. The highest BCUT2D eigenvalue weighted by Crippen LogP contribution is 2.18. The minimum Gasteiger partial charge on any atom is -0.454 e. The molecule has 174 valence electrons. The number of nitrogens with zero attached hydrogens (tertiary/aromatic N) is 1. The fourth-order valence-electron chi connectivity index (χ4n) is 3.07. The van der Waals surface area contributed by atoms with E-state index in [-0.39, 0.29) is 11.8 Å². The fraction of sp³-hybridized carbons (Fsp3) is 0.444. The van der Waals surface area contributed by atoms with Crippen LogP contribution in [0.5, 0.6) is 0 Å². The van der Waals surface area contributed by atoms with Crippen molar-refractivity contribution in [2.24, 2.45) is 0 Å². The predicted octanol–water partition coefficient (Wildman–Crippen LogP) is 7.90. The Morgan fingerprint density at radius 2 is 1.44 bits per heavy atom. The molecule has 1 aromatic carbocycles. The second-order valence-electron chi connectivity index (χ2n) is 8.69.